The van der Waals surface area contributed by atoms with Crippen molar-refractivity contribution in [2.75, 3.05) is 51.3 Å². The molecule has 2 saturated heterocycles. The zero-order chi connectivity index (χ0) is 25.7. The Balaban J connectivity index is 1.41. The van der Waals surface area contributed by atoms with Crippen molar-refractivity contribution in [1.82, 2.24) is 9.80 Å². The summed E-state index contributed by atoms with van der Waals surface area (Å²) >= 11 is 7.09. The van der Waals surface area contributed by atoms with Gasteiger partial charge in [-0.1, -0.05) is 35.7 Å². The van der Waals surface area contributed by atoms with Crippen LogP contribution in [0, 0.1) is 12.3 Å². The van der Waals surface area contributed by atoms with Gasteiger partial charge in [0.15, 0.2) is 11.5 Å². The van der Waals surface area contributed by atoms with E-state index in [2.05, 4.69) is 10.8 Å². The van der Waals surface area contributed by atoms with Gasteiger partial charge >= 0.3 is 0 Å². The molecule has 0 radical (unpaired) electrons. The number of benzene rings is 2. The van der Waals surface area contributed by atoms with Crippen molar-refractivity contribution in [2.24, 2.45) is 0 Å². The maximum Gasteiger partial charge on any atom is 0.294 e. The van der Waals surface area contributed by atoms with Crippen molar-refractivity contribution in [1.29, 1.82) is 0 Å². The number of nitrogens with zero attached hydrogens (tertiary/aromatic N) is 3. The van der Waals surface area contributed by atoms with Crippen molar-refractivity contribution in [3.05, 3.63) is 58.0 Å². The Hall–Kier alpha value is -3.61. The molecule has 2 aromatic rings. The molecule has 186 valence electrons. The summed E-state index contributed by atoms with van der Waals surface area (Å²) in [4.78, 5) is 43.4. The van der Waals surface area contributed by atoms with Gasteiger partial charge in [-0.2, -0.15) is 0 Å². The molecule has 2 aromatic carbocycles. The van der Waals surface area contributed by atoms with E-state index in [1.165, 1.54) is 13.2 Å². The van der Waals surface area contributed by atoms with Crippen LogP contribution in [0.5, 0.6) is 11.5 Å². The molecule has 3 amide bonds. The van der Waals surface area contributed by atoms with Crippen LogP contribution in [0.15, 0.2) is 47.4 Å². The minimum Gasteiger partial charge on any atom is -0.493 e. The molecule has 2 aliphatic rings. The Bertz CT molecular complexity index is 1240. The quantitative estimate of drug-likeness (QED) is 0.402. The van der Waals surface area contributed by atoms with Crippen LogP contribution in [-0.4, -0.2) is 73.3 Å². The van der Waals surface area contributed by atoms with Gasteiger partial charge in [-0.25, -0.2) is 0 Å². The molecule has 0 atom stereocenters. The number of hydrogen-bond donors (Lipinski definition) is 0. The second-order valence-electron chi connectivity index (χ2n) is 8.00. The molecule has 0 unspecified atom stereocenters. The predicted octanol–water partition coefficient (Wildman–Crippen LogP) is 3.75. The van der Waals surface area contributed by atoms with Gasteiger partial charge in [-0.15, -0.1) is 6.42 Å². The SMILES string of the molecule is C#CCOc1c(Cl)cc(/C=C2/SC(=O)N(CC(=O)N3CCN(c4ccccc4)CC3)C2=O)cc1OC. The molecular weight excluding hydrogens is 502 g/mol. The van der Waals surface area contributed by atoms with Gasteiger partial charge in [0.1, 0.15) is 13.2 Å². The monoisotopic (exact) mass is 525 g/mol. The second kappa shape index (κ2) is 11.4. The number of carbonyl (C=O) groups excluding carboxylic acids is 3. The topological polar surface area (TPSA) is 79.4 Å². The van der Waals surface area contributed by atoms with E-state index in [1.54, 1.807) is 17.0 Å². The highest BCUT2D eigenvalue weighted by molar-refractivity contribution is 8.18. The molecule has 2 aliphatic heterocycles. The van der Waals surface area contributed by atoms with Crippen LogP contribution in [0.2, 0.25) is 5.02 Å². The fourth-order valence-corrected chi connectivity index (χ4v) is 5.06. The molecule has 0 aromatic heterocycles. The Morgan fingerprint density at radius 1 is 1.17 bits per heavy atom. The number of methoxy groups -OCH3 is 1. The van der Waals surface area contributed by atoms with Crippen LogP contribution in [0.1, 0.15) is 5.56 Å². The first-order valence-corrected chi connectivity index (χ1v) is 12.4. The molecule has 0 N–H and O–H groups in total. The highest BCUT2D eigenvalue weighted by Crippen LogP contribution is 2.39. The Kier molecular flexibility index (Phi) is 8.08. The number of anilines is 1. The minimum atomic E-state index is -0.524. The molecule has 4 rings (SSSR count). The summed E-state index contributed by atoms with van der Waals surface area (Å²) in [5.74, 6) is 2.21. The van der Waals surface area contributed by atoms with E-state index in [0.29, 0.717) is 43.2 Å². The third kappa shape index (κ3) is 5.61. The van der Waals surface area contributed by atoms with Crippen LogP contribution in [0.25, 0.3) is 6.08 Å². The van der Waals surface area contributed by atoms with Crippen LogP contribution < -0.4 is 14.4 Å². The van der Waals surface area contributed by atoms with E-state index in [4.69, 9.17) is 27.5 Å². The van der Waals surface area contributed by atoms with Gasteiger partial charge in [0.2, 0.25) is 5.91 Å². The summed E-state index contributed by atoms with van der Waals surface area (Å²) < 4.78 is 10.8. The van der Waals surface area contributed by atoms with Crippen molar-refractivity contribution in [3.8, 4) is 23.8 Å². The van der Waals surface area contributed by atoms with Crippen LogP contribution in [0.3, 0.4) is 0 Å². The van der Waals surface area contributed by atoms with Crippen molar-refractivity contribution in [2.45, 2.75) is 0 Å². The number of imide groups is 1. The molecule has 36 heavy (non-hydrogen) atoms. The number of rotatable bonds is 7. The predicted molar refractivity (Wildman–Crippen MR) is 140 cm³/mol. The Labute approximate surface area is 218 Å². The standard InChI is InChI=1S/C26H24ClN3O5S/c1-3-13-35-24-20(27)14-18(15-21(24)34-2)16-22-25(32)30(26(33)36-22)17-23(31)29-11-9-28(10-12-29)19-7-5-4-6-8-19/h1,4-8,14-16H,9-13,17H2,2H3/b22-16+. The fourth-order valence-electron chi connectivity index (χ4n) is 3.95. The van der Waals surface area contributed by atoms with Crippen molar-refractivity contribution in [3.63, 3.8) is 0 Å². The number of ether oxygens (including phenoxy) is 2. The third-order valence-electron chi connectivity index (χ3n) is 5.77. The Morgan fingerprint density at radius 2 is 1.89 bits per heavy atom. The first-order chi connectivity index (χ1) is 17.4. The summed E-state index contributed by atoms with van der Waals surface area (Å²) in [6.07, 6.45) is 6.77. The van der Waals surface area contributed by atoms with Crippen molar-refractivity contribution >= 4 is 52.2 Å². The maximum absolute atomic E-state index is 12.9. The molecule has 2 fully saturated rings. The molecule has 0 aliphatic carbocycles. The summed E-state index contributed by atoms with van der Waals surface area (Å²) in [6.45, 7) is 2.13. The number of terminal acetylenes is 1. The molecular formula is C26H24ClN3O5S. The third-order valence-corrected chi connectivity index (χ3v) is 6.96. The van der Waals surface area contributed by atoms with Crippen LogP contribution in [0.4, 0.5) is 10.5 Å². The van der Waals surface area contributed by atoms with E-state index in [-0.39, 0.29) is 29.0 Å². The summed E-state index contributed by atoms with van der Waals surface area (Å²) in [6, 6.07) is 13.2. The molecule has 8 nitrogen and oxygen atoms in total. The van der Waals surface area contributed by atoms with Gasteiger partial charge in [0, 0.05) is 31.9 Å². The lowest BCUT2D eigenvalue weighted by Crippen LogP contribution is -2.51. The number of carbonyl (C=O) groups is 3. The van der Waals surface area contributed by atoms with Gasteiger partial charge in [-0.3, -0.25) is 19.3 Å². The first kappa shape index (κ1) is 25.5. The summed E-state index contributed by atoms with van der Waals surface area (Å²) in [5, 5.41) is -0.241. The van der Waals surface area contributed by atoms with Gasteiger partial charge in [-0.05, 0) is 47.7 Å². The lowest BCUT2D eigenvalue weighted by molar-refractivity contribution is -0.136. The average molecular weight is 526 g/mol. The summed E-state index contributed by atoms with van der Waals surface area (Å²) in [5.41, 5.74) is 1.65. The molecule has 0 saturated carbocycles. The number of thioether (sulfide) groups is 1. The van der Waals surface area contributed by atoms with E-state index in [1.807, 2.05) is 30.3 Å². The number of amides is 3. The lowest BCUT2D eigenvalue weighted by Gasteiger charge is -2.36. The van der Waals surface area contributed by atoms with Crippen LogP contribution in [-0.2, 0) is 9.59 Å². The second-order valence-corrected chi connectivity index (χ2v) is 9.40. The lowest BCUT2D eigenvalue weighted by atomic mass is 10.1. The first-order valence-electron chi connectivity index (χ1n) is 11.2. The van der Waals surface area contributed by atoms with E-state index in [9.17, 15) is 14.4 Å². The smallest absolute Gasteiger partial charge is 0.294 e. The van der Waals surface area contributed by atoms with Crippen molar-refractivity contribution < 1.29 is 23.9 Å². The van der Waals surface area contributed by atoms with E-state index < -0.39 is 11.1 Å². The number of piperazine rings is 1. The zero-order valence-electron chi connectivity index (χ0n) is 19.6. The maximum atomic E-state index is 12.9. The number of halogens is 1. The number of hydrogen-bond acceptors (Lipinski definition) is 7. The fraction of sp³-hybridized carbons (Fsp3) is 0.269. The van der Waals surface area contributed by atoms with Crippen LogP contribution >= 0.6 is 23.4 Å². The minimum absolute atomic E-state index is 0.0175. The van der Waals surface area contributed by atoms with Gasteiger partial charge < -0.3 is 19.3 Å². The normalized spacial score (nSPS) is 16.9. The zero-order valence-corrected chi connectivity index (χ0v) is 21.2. The molecule has 0 spiro atoms. The average Bonchev–Trinajstić information content (AvgIpc) is 3.15. The van der Waals surface area contributed by atoms with E-state index in [0.717, 1.165) is 22.3 Å². The molecule has 0 bridgehead atoms. The Morgan fingerprint density at radius 3 is 2.56 bits per heavy atom. The van der Waals surface area contributed by atoms with E-state index >= 15 is 0 Å². The largest absolute Gasteiger partial charge is 0.493 e. The van der Waals surface area contributed by atoms with Gasteiger partial charge in [0.05, 0.1) is 17.0 Å². The summed E-state index contributed by atoms with van der Waals surface area (Å²) in [7, 11) is 1.46. The molecule has 10 heteroatoms. The van der Waals surface area contributed by atoms with Gasteiger partial charge in [0.25, 0.3) is 11.1 Å². The molecule has 2 heterocycles. The highest BCUT2D eigenvalue weighted by atomic mass is 35.5. The highest BCUT2D eigenvalue weighted by Gasteiger charge is 2.37. The number of para-hydroxylation sites is 1.